The average Bonchev–Trinajstić information content (AvgIpc) is 3.43. The van der Waals surface area contributed by atoms with Crippen LogP contribution < -0.4 is 4.74 Å². The van der Waals surface area contributed by atoms with Crippen LogP contribution in [0.2, 0.25) is 10.0 Å². The molecule has 1 saturated heterocycles. The van der Waals surface area contributed by atoms with Crippen molar-refractivity contribution in [2.45, 2.75) is 32.6 Å². The second-order valence-electron chi connectivity index (χ2n) is 10.8. The van der Waals surface area contributed by atoms with Crippen molar-refractivity contribution in [1.29, 1.82) is 0 Å². The molecule has 2 aromatic carbocycles. The molecular weight excluding hydrogens is 547 g/mol. The van der Waals surface area contributed by atoms with Gasteiger partial charge in [0.2, 0.25) is 5.88 Å². The van der Waals surface area contributed by atoms with Crippen LogP contribution in [-0.2, 0) is 24.3 Å². The van der Waals surface area contributed by atoms with Crippen LogP contribution in [0.3, 0.4) is 0 Å². The van der Waals surface area contributed by atoms with E-state index in [2.05, 4.69) is 16.9 Å². The molecule has 2 aliphatic heterocycles. The lowest BCUT2D eigenvalue weighted by molar-refractivity contribution is -0.0197. The summed E-state index contributed by atoms with van der Waals surface area (Å²) in [5, 5.41) is 1.99. The molecule has 1 amide bonds. The standard InChI is InChI=1S/C31H32Cl2N4O3/c1-18-28-21(9-11-34-28)24(30(35-18)40-17-19-7-5-4-6-8-19)16-37-12-10-22-25(32)13-23(27(33)26(22)31(37)38)29(39-3)20-14-36(2)15-20/h4-9,11,13,20,29,34H,10,12,14-17H2,1-3H3. The van der Waals surface area contributed by atoms with Gasteiger partial charge in [-0.15, -0.1) is 0 Å². The number of fused-ring (bicyclic) bond motifs is 2. The number of methoxy groups -OCH3 is 1. The molecule has 208 valence electrons. The molecule has 9 heteroatoms. The quantitative estimate of drug-likeness (QED) is 0.269. The minimum atomic E-state index is -0.228. The van der Waals surface area contributed by atoms with Crippen molar-refractivity contribution in [2.24, 2.45) is 5.92 Å². The van der Waals surface area contributed by atoms with Gasteiger partial charge in [0, 0.05) is 60.4 Å². The Morgan fingerprint density at radius 1 is 1.18 bits per heavy atom. The lowest BCUT2D eigenvalue weighted by Gasteiger charge is -2.41. The number of aromatic nitrogens is 2. The molecule has 40 heavy (non-hydrogen) atoms. The number of halogens is 2. The highest BCUT2D eigenvalue weighted by molar-refractivity contribution is 6.37. The van der Waals surface area contributed by atoms with Gasteiger partial charge in [0.05, 0.1) is 34.4 Å². The van der Waals surface area contributed by atoms with E-state index in [9.17, 15) is 4.79 Å². The van der Waals surface area contributed by atoms with Crippen LogP contribution in [0.5, 0.6) is 5.88 Å². The van der Waals surface area contributed by atoms with Gasteiger partial charge in [-0.2, -0.15) is 0 Å². The van der Waals surface area contributed by atoms with E-state index in [1.165, 1.54) is 0 Å². The molecule has 0 aliphatic carbocycles. The highest BCUT2D eigenvalue weighted by Gasteiger charge is 2.37. The zero-order valence-corrected chi connectivity index (χ0v) is 24.4. The Morgan fingerprint density at radius 2 is 1.95 bits per heavy atom. The summed E-state index contributed by atoms with van der Waals surface area (Å²) in [5.41, 5.74) is 5.73. The van der Waals surface area contributed by atoms with E-state index in [1.54, 1.807) is 7.11 Å². The number of amides is 1. The van der Waals surface area contributed by atoms with Crippen molar-refractivity contribution in [3.05, 3.63) is 92.2 Å². The fourth-order valence-electron chi connectivity index (χ4n) is 6.03. The van der Waals surface area contributed by atoms with Gasteiger partial charge in [0.25, 0.3) is 5.91 Å². The number of aryl methyl sites for hydroxylation is 1. The number of benzene rings is 2. The Bertz CT molecular complexity index is 1570. The molecular formula is C31H32Cl2N4O3. The highest BCUT2D eigenvalue weighted by atomic mass is 35.5. The van der Waals surface area contributed by atoms with Gasteiger partial charge >= 0.3 is 0 Å². The number of aromatic amines is 1. The molecule has 0 radical (unpaired) electrons. The Morgan fingerprint density at radius 3 is 2.67 bits per heavy atom. The number of likely N-dealkylation sites (tertiary alicyclic amines) is 1. The number of hydrogen-bond acceptors (Lipinski definition) is 5. The third kappa shape index (κ3) is 4.85. The van der Waals surface area contributed by atoms with Crippen molar-refractivity contribution < 1.29 is 14.3 Å². The number of rotatable bonds is 8. The van der Waals surface area contributed by atoms with E-state index in [0.29, 0.717) is 53.5 Å². The van der Waals surface area contributed by atoms with Crippen LogP contribution in [0.15, 0.2) is 48.7 Å². The van der Waals surface area contributed by atoms with Gasteiger partial charge in [-0.3, -0.25) is 4.79 Å². The first-order valence-corrected chi connectivity index (χ1v) is 14.3. The zero-order chi connectivity index (χ0) is 28.0. The SMILES string of the molecule is COC(c1cc(Cl)c2c(c1Cl)C(=O)N(Cc1c(OCc3ccccc3)nc(C)c3[nH]ccc13)CC2)C1CN(C)C1. The van der Waals surface area contributed by atoms with Gasteiger partial charge in [0.1, 0.15) is 6.61 Å². The number of carbonyl (C=O) groups is 1. The van der Waals surface area contributed by atoms with Gasteiger partial charge in [-0.05, 0) is 43.7 Å². The van der Waals surface area contributed by atoms with E-state index in [0.717, 1.165) is 51.9 Å². The maximum atomic E-state index is 14.1. The molecule has 1 unspecified atom stereocenters. The largest absolute Gasteiger partial charge is 0.473 e. The van der Waals surface area contributed by atoms with Crippen molar-refractivity contribution in [2.75, 3.05) is 33.8 Å². The van der Waals surface area contributed by atoms with Crippen LogP contribution in [0.1, 0.15) is 44.4 Å². The number of nitrogens with zero attached hydrogens (tertiary/aromatic N) is 3. The summed E-state index contributed by atoms with van der Waals surface area (Å²) in [4.78, 5) is 26.2. The number of nitrogens with one attached hydrogen (secondary N) is 1. The number of carbonyl (C=O) groups excluding carboxylic acids is 1. The third-order valence-corrected chi connectivity index (χ3v) is 8.83. The summed E-state index contributed by atoms with van der Waals surface area (Å²) in [6.07, 6.45) is 2.27. The van der Waals surface area contributed by atoms with Crippen LogP contribution >= 0.6 is 23.2 Å². The number of hydrogen-bond donors (Lipinski definition) is 1. The number of H-pyrrole nitrogens is 1. The fraction of sp³-hybridized carbons (Fsp3) is 0.355. The van der Waals surface area contributed by atoms with Crippen LogP contribution in [0.25, 0.3) is 10.9 Å². The Balaban J connectivity index is 1.34. The highest BCUT2D eigenvalue weighted by Crippen LogP contribution is 2.42. The topological polar surface area (TPSA) is 70.7 Å². The first-order valence-electron chi connectivity index (χ1n) is 13.5. The molecule has 1 atom stereocenters. The fourth-order valence-corrected chi connectivity index (χ4v) is 6.69. The summed E-state index contributed by atoms with van der Waals surface area (Å²) in [6, 6.07) is 13.9. The second-order valence-corrected chi connectivity index (χ2v) is 11.5. The molecule has 6 rings (SSSR count). The predicted molar refractivity (Wildman–Crippen MR) is 157 cm³/mol. The second kappa shape index (κ2) is 11.1. The molecule has 7 nitrogen and oxygen atoms in total. The van der Waals surface area contributed by atoms with E-state index in [4.69, 9.17) is 37.7 Å². The molecule has 0 spiro atoms. The summed E-state index contributed by atoms with van der Waals surface area (Å²) in [7, 11) is 3.76. The summed E-state index contributed by atoms with van der Waals surface area (Å²) in [6.45, 7) is 5.00. The average molecular weight is 580 g/mol. The molecule has 0 bridgehead atoms. The summed E-state index contributed by atoms with van der Waals surface area (Å²) < 4.78 is 12.1. The molecule has 1 N–H and O–H groups in total. The van der Waals surface area contributed by atoms with E-state index >= 15 is 0 Å². The van der Waals surface area contributed by atoms with Crippen molar-refractivity contribution in [1.82, 2.24) is 19.8 Å². The summed E-state index contributed by atoms with van der Waals surface area (Å²) in [5.74, 6) is 0.675. The normalized spacial score (nSPS) is 16.7. The molecule has 4 heterocycles. The Kier molecular flexibility index (Phi) is 7.48. The van der Waals surface area contributed by atoms with Gasteiger partial charge in [-0.25, -0.2) is 4.98 Å². The smallest absolute Gasteiger partial charge is 0.256 e. The first-order chi connectivity index (χ1) is 19.4. The molecule has 1 fully saturated rings. The third-order valence-electron chi connectivity index (χ3n) is 8.09. The van der Waals surface area contributed by atoms with Crippen molar-refractivity contribution in [3.63, 3.8) is 0 Å². The Hall–Kier alpha value is -3.10. The summed E-state index contributed by atoms with van der Waals surface area (Å²) >= 11 is 13.8. The lowest BCUT2D eigenvalue weighted by atomic mass is 9.86. The molecule has 0 saturated carbocycles. The monoisotopic (exact) mass is 578 g/mol. The number of pyridine rings is 1. The van der Waals surface area contributed by atoms with Gasteiger partial charge in [0.15, 0.2) is 0 Å². The zero-order valence-electron chi connectivity index (χ0n) is 22.8. The molecule has 4 aromatic rings. The Labute approximate surface area is 244 Å². The minimum absolute atomic E-state index is 0.145. The lowest BCUT2D eigenvalue weighted by Crippen LogP contribution is -2.47. The predicted octanol–water partition coefficient (Wildman–Crippen LogP) is 6.20. The van der Waals surface area contributed by atoms with Gasteiger partial charge < -0.3 is 24.3 Å². The minimum Gasteiger partial charge on any atom is -0.473 e. The van der Waals surface area contributed by atoms with Gasteiger partial charge in [-0.1, -0.05) is 53.5 Å². The van der Waals surface area contributed by atoms with Crippen molar-refractivity contribution >= 4 is 40.0 Å². The number of ether oxygens (including phenoxy) is 2. The van der Waals surface area contributed by atoms with E-state index in [-0.39, 0.29) is 12.0 Å². The maximum absolute atomic E-state index is 14.1. The van der Waals surface area contributed by atoms with E-state index < -0.39 is 0 Å². The van der Waals surface area contributed by atoms with E-state index in [1.807, 2.05) is 60.5 Å². The first kappa shape index (κ1) is 27.1. The maximum Gasteiger partial charge on any atom is 0.256 e. The van der Waals surface area contributed by atoms with Crippen molar-refractivity contribution in [3.8, 4) is 5.88 Å². The molecule has 2 aliphatic rings. The van der Waals surface area contributed by atoms with Crippen LogP contribution in [-0.4, -0.2) is 59.5 Å². The van der Waals surface area contributed by atoms with Crippen LogP contribution in [0.4, 0.5) is 0 Å². The molecule has 2 aromatic heterocycles. The van der Waals surface area contributed by atoms with Crippen LogP contribution in [0, 0.1) is 12.8 Å².